The molecule has 4 aromatic rings. The Morgan fingerprint density at radius 2 is 1.74 bits per heavy atom. The Balaban J connectivity index is 1.63. The highest BCUT2D eigenvalue weighted by Crippen LogP contribution is 2.32. The number of halogens is 4. The third kappa shape index (κ3) is 3.56. The average Bonchev–Trinajstić information content (AvgIpc) is 3.31. The number of hydrogen-bond donors (Lipinski definition) is 1. The first kappa shape index (κ1) is 17.3. The van der Waals surface area contributed by atoms with Crippen molar-refractivity contribution in [3.8, 4) is 34.2 Å². The fraction of sp³-hybridized carbons (Fsp3) is 0.0556. The molecule has 2 aromatic heterocycles. The summed E-state index contributed by atoms with van der Waals surface area (Å²) in [6, 6.07) is 13.5. The van der Waals surface area contributed by atoms with E-state index >= 15 is 0 Å². The van der Waals surface area contributed by atoms with E-state index in [0.29, 0.717) is 16.4 Å². The Bertz CT molecular complexity index is 1090. The first-order chi connectivity index (χ1) is 12.9. The number of aromatic nitrogens is 4. The summed E-state index contributed by atoms with van der Waals surface area (Å²) in [6.45, 7) is 0. The van der Waals surface area contributed by atoms with Gasteiger partial charge in [0.25, 0.3) is 5.89 Å². The van der Waals surface area contributed by atoms with Crippen LogP contribution in [0.3, 0.4) is 0 Å². The third-order valence-electron chi connectivity index (χ3n) is 3.82. The lowest BCUT2D eigenvalue weighted by Crippen LogP contribution is -2.04. The zero-order chi connectivity index (χ0) is 19.0. The van der Waals surface area contributed by atoms with Gasteiger partial charge in [0.2, 0.25) is 5.82 Å². The van der Waals surface area contributed by atoms with Gasteiger partial charge in [-0.05, 0) is 30.3 Å². The van der Waals surface area contributed by atoms with Gasteiger partial charge in [0, 0.05) is 16.1 Å². The van der Waals surface area contributed by atoms with E-state index in [2.05, 4.69) is 20.3 Å². The summed E-state index contributed by atoms with van der Waals surface area (Å²) in [4.78, 5) is 4.16. The lowest BCUT2D eigenvalue weighted by Gasteiger charge is -2.06. The van der Waals surface area contributed by atoms with E-state index in [1.165, 1.54) is 12.1 Å². The second-order valence-corrected chi connectivity index (χ2v) is 6.11. The van der Waals surface area contributed by atoms with Gasteiger partial charge in [-0.3, -0.25) is 5.10 Å². The molecule has 9 heteroatoms. The standard InChI is InChI=1S/C18H10ClF3N4O/c19-13-6-4-10(5-7-13)14-9-15(25-24-14)17-23-16(26-27-17)11-2-1-3-12(8-11)18(20,21)22/h1-9H,(H,24,25). The molecule has 0 unspecified atom stereocenters. The molecule has 0 atom stereocenters. The predicted molar refractivity (Wildman–Crippen MR) is 92.8 cm³/mol. The van der Waals surface area contributed by atoms with Crippen LogP contribution in [0.15, 0.2) is 59.1 Å². The van der Waals surface area contributed by atoms with Gasteiger partial charge in [0.05, 0.1) is 11.3 Å². The fourth-order valence-electron chi connectivity index (χ4n) is 2.48. The molecule has 0 saturated carbocycles. The second-order valence-electron chi connectivity index (χ2n) is 5.68. The van der Waals surface area contributed by atoms with E-state index in [4.69, 9.17) is 16.1 Å². The van der Waals surface area contributed by atoms with E-state index in [1.807, 2.05) is 12.1 Å². The van der Waals surface area contributed by atoms with Crippen LogP contribution in [-0.2, 0) is 6.18 Å². The van der Waals surface area contributed by atoms with E-state index in [9.17, 15) is 13.2 Å². The molecule has 0 aliphatic carbocycles. The van der Waals surface area contributed by atoms with Gasteiger partial charge >= 0.3 is 6.18 Å². The van der Waals surface area contributed by atoms with Gasteiger partial charge in [0.15, 0.2) is 0 Å². The zero-order valence-corrected chi connectivity index (χ0v) is 14.2. The van der Waals surface area contributed by atoms with Crippen LogP contribution in [0.5, 0.6) is 0 Å². The molecule has 27 heavy (non-hydrogen) atoms. The van der Waals surface area contributed by atoms with Gasteiger partial charge in [-0.1, -0.05) is 41.0 Å². The van der Waals surface area contributed by atoms with Crippen molar-refractivity contribution in [3.63, 3.8) is 0 Å². The second kappa shape index (κ2) is 6.55. The Labute approximate surface area is 155 Å². The number of benzene rings is 2. The molecule has 0 aliphatic heterocycles. The van der Waals surface area contributed by atoms with Crippen molar-refractivity contribution >= 4 is 11.6 Å². The van der Waals surface area contributed by atoms with Crippen LogP contribution in [0.4, 0.5) is 13.2 Å². The van der Waals surface area contributed by atoms with Crippen molar-refractivity contribution in [2.24, 2.45) is 0 Å². The van der Waals surface area contributed by atoms with Crippen molar-refractivity contribution in [2.45, 2.75) is 6.18 Å². The molecule has 0 saturated heterocycles. The lowest BCUT2D eigenvalue weighted by molar-refractivity contribution is -0.137. The summed E-state index contributed by atoms with van der Waals surface area (Å²) >= 11 is 5.87. The summed E-state index contributed by atoms with van der Waals surface area (Å²) in [7, 11) is 0. The first-order valence-corrected chi connectivity index (χ1v) is 8.11. The molecular formula is C18H10ClF3N4O. The maximum atomic E-state index is 12.9. The van der Waals surface area contributed by atoms with Gasteiger partial charge in [0.1, 0.15) is 5.69 Å². The molecular weight excluding hydrogens is 381 g/mol. The number of alkyl halides is 3. The summed E-state index contributed by atoms with van der Waals surface area (Å²) in [5, 5.41) is 11.3. The maximum absolute atomic E-state index is 12.9. The lowest BCUT2D eigenvalue weighted by atomic mass is 10.1. The molecule has 1 N–H and O–H groups in total. The van der Waals surface area contributed by atoms with Gasteiger partial charge in [-0.2, -0.15) is 23.3 Å². The molecule has 2 aromatic carbocycles. The number of hydrogen-bond acceptors (Lipinski definition) is 4. The van der Waals surface area contributed by atoms with Crippen LogP contribution in [0.1, 0.15) is 5.56 Å². The molecule has 0 spiro atoms. The van der Waals surface area contributed by atoms with Gasteiger partial charge in [-0.15, -0.1) is 0 Å². The van der Waals surface area contributed by atoms with Crippen LogP contribution in [0.2, 0.25) is 5.02 Å². The van der Waals surface area contributed by atoms with Crippen LogP contribution in [0, 0.1) is 0 Å². The minimum atomic E-state index is -4.45. The summed E-state index contributed by atoms with van der Waals surface area (Å²) in [6.07, 6.45) is -4.45. The molecule has 0 amide bonds. The van der Waals surface area contributed by atoms with E-state index in [-0.39, 0.29) is 17.3 Å². The number of rotatable bonds is 3. The van der Waals surface area contributed by atoms with Gasteiger partial charge in [-0.25, -0.2) is 0 Å². The molecule has 136 valence electrons. The zero-order valence-electron chi connectivity index (χ0n) is 13.5. The molecule has 4 rings (SSSR count). The molecule has 0 radical (unpaired) electrons. The van der Waals surface area contributed by atoms with Crippen LogP contribution < -0.4 is 0 Å². The molecule has 5 nitrogen and oxygen atoms in total. The largest absolute Gasteiger partial charge is 0.416 e. The third-order valence-corrected chi connectivity index (χ3v) is 4.07. The fourth-order valence-corrected chi connectivity index (χ4v) is 2.61. The van der Waals surface area contributed by atoms with E-state index < -0.39 is 11.7 Å². The van der Waals surface area contributed by atoms with Crippen LogP contribution in [-0.4, -0.2) is 20.3 Å². The highest BCUT2D eigenvalue weighted by atomic mass is 35.5. The van der Waals surface area contributed by atoms with Crippen LogP contribution in [0.25, 0.3) is 34.2 Å². The Kier molecular flexibility index (Phi) is 4.19. The molecule has 0 fully saturated rings. The normalized spacial score (nSPS) is 11.7. The number of nitrogens with one attached hydrogen (secondary N) is 1. The molecule has 0 aliphatic rings. The Morgan fingerprint density at radius 1 is 0.963 bits per heavy atom. The van der Waals surface area contributed by atoms with Crippen LogP contribution >= 0.6 is 11.6 Å². The summed E-state index contributed by atoms with van der Waals surface area (Å²) < 4.78 is 43.7. The van der Waals surface area contributed by atoms with Crippen molar-refractivity contribution < 1.29 is 17.7 Å². The predicted octanol–water partition coefficient (Wildman–Crippen LogP) is 5.47. The van der Waals surface area contributed by atoms with E-state index in [1.54, 1.807) is 18.2 Å². The first-order valence-electron chi connectivity index (χ1n) is 7.73. The molecule has 2 heterocycles. The monoisotopic (exact) mass is 390 g/mol. The van der Waals surface area contributed by atoms with E-state index in [0.717, 1.165) is 17.7 Å². The molecule has 0 bridgehead atoms. The minimum absolute atomic E-state index is 0.0544. The van der Waals surface area contributed by atoms with Gasteiger partial charge < -0.3 is 4.52 Å². The Morgan fingerprint density at radius 3 is 2.48 bits per heavy atom. The smallest absolute Gasteiger partial charge is 0.332 e. The maximum Gasteiger partial charge on any atom is 0.416 e. The van der Waals surface area contributed by atoms with Crippen molar-refractivity contribution in [1.29, 1.82) is 0 Å². The highest BCUT2D eigenvalue weighted by Gasteiger charge is 2.30. The summed E-state index contributed by atoms with van der Waals surface area (Å²) in [5.41, 5.74) is 1.35. The van der Waals surface area contributed by atoms with Crippen molar-refractivity contribution in [2.75, 3.05) is 0 Å². The number of H-pyrrole nitrogens is 1. The topological polar surface area (TPSA) is 67.6 Å². The number of nitrogens with zero attached hydrogens (tertiary/aromatic N) is 3. The highest BCUT2D eigenvalue weighted by molar-refractivity contribution is 6.30. The Hall–Kier alpha value is -3.13. The van der Waals surface area contributed by atoms with Crippen molar-refractivity contribution in [3.05, 3.63) is 65.2 Å². The SMILES string of the molecule is FC(F)(F)c1cccc(-c2noc(-c3cc(-c4ccc(Cl)cc4)n[nH]3)n2)c1. The number of aromatic amines is 1. The minimum Gasteiger partial charge on any atom is -0.332 e. The summed E-state index contributed by atoms with van der Waals surface area (Å²) in [5.74, 6) is 0.175. The average molecular weight is 391 g/mol. The quantitative estimate of drug-likeness (QED) is 0.504. The van der Waals surface area contributed by atoms with Crippen molar-refractivity contribution in [1.82, 2.24) is 20.3 Å².